The van der Waals surface area contributed by atoms with Crippen LogP contribution < -0.4 is 5.73 Å². The van der Waals surface area contributed by atoms with Gasteiger partial charge in [0.1, 0.15) is 0 Å². The Kier molecular flexibility index (Phi) is 4.76. The number of benzene rings is 1. The van der Waals surface area contributed by atoms with Crippen molar-refractivity contribution in [2.75, 3.05) is 0 Å². The molecule has 0 aliphatic carbocycles. The fourth-order valence-corrected chi connectivity index (χ4v) is 0.614. The Bertz CT molecular complexity index is 158. The van der Waals surface area contributed by atoms with E-state index in [0.29, 0.717) is 6.54 Å². The van der Waals surface area contributed by atoms with Gasteiger partial charge in [-0.3, -0.25) is 0 Å². The summed E-state index contributed by atoms with van der Waals surface area (Å²) in [5.74, 6) is 0. The van der Waals surface area contributed by atoms with Crippen molar-refractivity contribution in [3.05, 3.63) is 35.9 Å². The van der Waals surface area contributed by atoms with Crippen LogP contribution in [0.1, 0.15) is 8.42 Å². The van der Waals surface area contributed by atoms with Gasteiger partial charge in [-0.1, -0.05) is 30.3 Å². The molecular weight excluding hydrogens is 122 g/mol. The third-order valence-electron chi connectivity index (χ3n) is 1.08. The first-order valence-corrected chi connectivity index (χ1v) is 2.67. The molecule has 0 amide bonds. The molecule has 0 atom stereocenters. The second-order valence-electron chi connectivity index (χ2n) is 1.69. The summed E-state index contributed by atoms with van der Waals surface area (Å²) >= 11 is 0. The zero-order valence-electron chi connectivity index (χ0n) is 7.38. The molecule has 0 unspecified atom stereocenters. The van der Waals surface area contributed by atoms with E-state index in [0.717, 1.165) is 0 Å². The Balaban J connectivity index is -0.000000213. The molecule has 0 aromatic heterocycles. The second-order valence-corrected chi connectivity index (χ2v) is 1.69. The van der Waals surface area contributed by atoms with Crippen LogP contribution in [-0.4, -0.2) is 23.1 Å². The molecule has 0 saturated carbocycles. The van der Waals surface area contributed by atoms with E-state index < -0.39 is 0 Å². The largest absolute Gasteiger partial charge is 2.00 e. The molecule has 0 spiro atoms. The predicted molar refractivity (Wildman–Crippen MR) is 42.3 cm³/mol. The zero-order valence-corrected chi connectivity index (χ0v) is 6.79. The quantitative estimate of drug-likeness (QED) is 0.568. The second kappa shape index (κ2) is 4.79. The number of hydrogen-bond donors (Lipinski definition) is 1. The van der Waals surface area contributed by atoms with Crippen LogP contribution in [0.25, 0.3) is 0 Å². The van der Waals surface area contributed by atoms with Gasteiger partial charge < -0.3 is 8.59 Å². The molecule has 0 heterocycles. The van der Waals surface area contributed by atoms with Gasteiger partial charge in [0, 0.05) is 6.54 Å². The predicted octanol–water partition coefficient (Wildman–Crippen LogP) is 0.990. The Hall–Kier alpha value is -0.0538. The van der Waals surface area contributed by atoms with Crippen molar-refractivity contribution in [3.8, 4) is 0 Å². The van der Waals surface area contributed by atoms with Crippen LogP contribution in [0.3, 0.4) is 0 Å². The Morgan fingerprint density at radius 2 is 1.78 bits per heavy atom. The average molecular weight is 133 g/mol. The van der Waals surface area contributed by atoms with Gasteiger partial charge in [-0.2, -0.15) is 0 Å². The van der Waals surface area contributed by atoms with Crippen molar-refractivity contribution < 1.29 is 2.85 Å². The molecule has 9 heavy (non-hydrogen) atoms. The van der Waals surface area contributed by atoms with Gasteiger partial charge in [0.2, 0.25) is 0 Å². The van der Waals surface area contributed by atoms with Crippen LogP contribution in [0.15, 0.2) is 30.3 Å². The molecule has 1 aromatic rings. The van der Waals surface area contributed by atoms with Crippen molar-refractivity contribution in [1.29, 1.82) is 0 Å². The Morgan fingerprint density at radius 1 is 1.22 bits per heavy atom. The van der Waals surface area contributed by atoms with Crippen molar-refractivity contribution in [2.45, 2.75) is 6.54 Å². The fraction of sp³-hybridized carbons (Fsp3) is 0.143. The molecule has 0 aliphatic rings. The van der Waals surface area contributed by atoms with E-state index in [1.807, 2.05) is 30.3 Å². The van der Waals surface area contributed by atoms with Gasteiger partial charge >= 0.3 is 23.1 Å². The molecule has 2 heteroatoms. The molecule has 2 N–H and O–H groups in total. The molecule has 1 aromatic carbocycles. The first-order chi connectivity index (χ1) is 3.93. The molecule has 1 nitrogen and oxygen atoms in total. The zero-order chi connectivity index (χ0) is 5.82. The molecule has 0 radical (unpaired) electrons. The van der Waals surface area contributed by atoms with E-state index in [9.17, 15) is 0 Å². The number of hydrogen-bond acceptors (Lipinski definition) is 1. The minimum atomic E-state index is 0. The van der Waals surface area contributed by atoms with Gasteiger partial charge in [-0.15, -0.1) is 0 Å². The van der Waals surface area contributed by atoms with E-state index in [1.54, 1.807) is 0 Å². The number of nitrogens with two attached hydrogens (primary N) is 1. The van der Waals surface area contributed by atoms with Crippen molar-refractivity contribution >= 4 is 23.1 Å². The van der Waals surface area contributed by atoms with E-state index in [2.05, 4.69) is 0 Å². The molecule has 1 rings (SSSR count). The smallest absolute Gasteiger partial charge is 1.00 e. The van der Waals surface area contributed by atoms with E-state index in [1.165, 1.54) is 5.56 Å². The average Bonchev–Trinajstić information content (AvgIpc) is 1.90. The van der Waals surface area contributed by atoms with Crippen LogP contribution >= 0.6 is 0 Å². The number of rotatable bonds is 1. The van der Waals surface area contributed by atoms with Gasteiger partial charge in [0.15, 0.2) is 0 Å². The first kappa shape index (κ1) is 8.95. The fourth-order valence-electron chi connectivity index (χ4n) is 0.614. The van der Waals surface area contributed by atoms with Crippen molar-refractivity contribution in [2.24, 2.45) is 5.73 Å². The van der Waals surface area contributed by atoms with Crippen LogP contribution in [-0.2, 0) is 6.54 Å². The summed E-state index contributed by atoms with van der Waals surface area (Å²) < 4.78 is 0. The summed E-state index contributed by atoms with van der Waals surface area (Å²) in [6, 6.07) is 9.99. The molecular formula is C7H11MgN. The summed E-state index contributed by atoms with van der Waals surface area (Å²) in [5, 5.41) is 0. The van der Waals surface area contributed by atoms with E-state index in [-0.39, 0.29) is 25.9 Å². The van der Waals surface area contributed by atoms with Gasteiger partial charge in [-0.25, -0.2) is 0 Å². The third-order valence-corrected chi connectivity index (χ3v) is 1.08. The van der Waals surface area contributed by atoms with E-state index >= 15 is 0 Å². The van der Waals surface area contributed by atoms with Crippen LogP contribution in [0.4, 0.5) is 0 Å². The van der Waals surface area contributed by atoms with Crippen molar-refractivity contribution in [3.63, 3.8) is 0 Å². The van der Waals surface area contributed by atoms with Gasteiger partial charge in [-0.05, 0) is 5.56 Å². The summed E-state index contributed by atoms with van der Waals surface area (Å²) in [7, 11) is 0. The van der Waals surface area contributed by atoms with Crippen LogP contribution in [0, 0.1) is 0 Å². The van der Waals surface area contributed by atoms with Gasteiger partial charge in [0.25, 0.3) is 0 Å². The summed E-state index contributed by atoms with van der Waals surface area (Å²) in [5.41, 5.74) is 6.54. The van der Waals surface area contributed by atoms with Gasteiger partial charge in [0.05, 0.1) is 0 Å². The maximum atomic E-state index is 5.35. The molecule has 0 aliphatic heterocycles. The molecule has 0 bridgehead atoms. The van der Waals surface area contributed by atoms with Crippen LogP contribution in [0.5, 0.6) is 0 Å². The monoisotopic (exact) mass is 133 g/mol. The van der Waals surface area contributed by atoms with Crippen LogP contribution in [0.2, 0.25) is 0 Å². The normalized spacial score (nSPS) is 8.11. The summed E-state index contributed by atoms with van der Waals surface area (Å²) in [6.07, 6.45) is 0. The summed E-state index contributed by atoms with van der Waals surface area (Å²) in [6.45, 7) is 0.640. The van der Waals surface area contributed by atoms with Crippen molar-refractivity contribution in [1.82, 2.24) is 0 Å². The Labute approximate surface area is 74.4 Å². The molecule has 0 saturated heterocycles. The minimum Gasteiger partial charge on any atom is -1.00 e. The maximum Gasteiger partial charge on any atom is 2.00 e. The Morgan fingerprint density at radius 3 is 2.11 bits per heavy atom. The summed E-state index contributed by atoms with van der Waals surface area (Å²) in [4.78, 5) is 0. The SMILES string of the molecule is NCc1ccccc1.[H-].[H-].[Mg+2]. The topological polar surface area (TPSA) is 26.0 Å². The maximum absolute atomic E-state index is 5.35. The van der Waals surface area contributed by atoms with E-state index in [4.69, 9.17) is 5.73 Å². The first-order valence-electron chi connectivity index (χ1n) is 2.67. The third kappa shape index (κ3) is 2.84. The minimum absolute atomic E-state index is 0. The standard InChI is InChI=1S/C7H9N.Mg.2H/c8-6-7-4-2-1-3-5-7;;;/h1-5H,6,8H2;;;/q;+2;2*-1. The molecule has 46 valence electrons. The molecule has 0 fully saturated rings.